The number of amidine groups is 1. The molecule has 1 saturated heterocycles. The number of hydrogen-bond donors (Lipinski definition) is 1. The summed E-state index contributed by atoms with van der Waals surface area (Å²) >= 11 is 6.95. The fourth-order valence-electron chi connectivity index (χ4n) is 2.57. The summed E-state index contributed by atoms with van der Waals surface area (Å²) in [6.45, 7) is 2.43. The maximum Gasteiger partial charge on any atom is 0.238 e. The molecular weight excluding hydrogens is 541 g/mol. The summed E-state index contributed by atoms with van der Waals surface area (Å²) in [7, 11) is 0. The molecule has 5 nitrogen and oxygen atoms in total. The lowest BCUT2D eigenvalue weighted by molar-refractivity contribution is -0.129. The Hall–Kier alpha value is -1.39. The second-order valence-electron chi connectivity index (χ2n) is 5.82. The number of benzene rings is 2. The highest BCUT2D eigenvalue weighted by Gasteiger charge is 2.35. The quantitative estimate of drug-likeness (QED) is 0.536. The van der Waals surface area contributed by atoms with Crippen LogP contribution in [0.15, 0.2) is 58.0 Å². The van der Waals surface area contributed by atoms with E-state index < -0.39 is 5.25 Å². The zero-order chi connectivity index (χ0) is 19.4. The van der Waals surface area contributed by atoms with Gasteiger partial charge in [0, 0.05) is 26.7 Å². The third-order valence-electron chi connectivity index (χ3n) is 3.89. The van der Waals surface area contributed by atoms with Crippen LogP contribution in [0.3, 0.4) is 0 Å². The second-order valence-corrected chi connectivity index (χ2v) is 9.15. The molecule has 27 heavy (non-hydrogen) atoms. The molecular formula is C19H17BrIN3O2S. The molecule has 1 atom stereocenters. The molecule has 3 rings (SSSR count). The molecule has 1 fully saturated rings. The van der Waals surface area contributed by atoms with E-state index in [-0.39, 0.29) is 18.2 Å². The summed E-state index contributed by atoms with van der Waals surface area (Å²) in [5.74, 6) is -0.285. The number of carbonyl (C=O) groups is 2. The predicted molar refractivity (Wildman–Crippen MR) is 122 cm³/mol. The first kappa shape index (κ1) is 20.3. The smallest absolute Gasteiger partial charge is 0.238 e. The lowest BCUT2D eigenvalue weighted by atomic mass is 10.2. The van der Waals surface area contributed by atoms with Gasteiger partial charge >= 0.3 is 0 Å². The number of nitrogens with one attached hydrogen (secondary N) is 1. The molecule has 8 heteroatoms. The number of aliphatic imine (C=N–C) groups is 1. The second kappa shape index (κ2) is 9.20. The van der Waals surface area contributed by atoms with E-state index in [1.165, 1.54) is 11.8 Å². The van der Waals surface area contributed by atoms with Crippen molar-refractivity contribution < 1.29 is 9.59 Å². The Morgan fingerprint density at radius 3 is 2.74 bits per heavy atom. The average molecular weight is 558 g/mol. The van der Waals surface area contributed by atoms with Gasteiger partial charge in [-0.2, -0.15) is 0 Å². The van der Waals surface area contributed by atoms with E-state index >= 15 is 0 Å². The Labute approximate surface area is 184 Å². The molecule has 2 aromatic carbocycles. The van der Waals surface area contributed by atoms with Crippen molar-refractivity contribution in [3.8, 4) is 0 Å². The van der Waals surface area contributed by atoms with Crippen molar-refractivity contribution in [2.24, 2.45) is 4.99 Å². The van der Waals surface area contributed by atoms with Crippen molar-refractivity contribution in [1.29, 1.82) is 0 Å². The van der Waals surface area contributed by atoms with Gasteiger partial charge in [0.1, 0.15) is 5.25 Å². The van der Waals surface area contributed by atoms with E-state index in [0.29, 0.717) is 17.4 Å². The minimum absolute atomic E-state index is 0.0881. The maximum atomic E-state index is 12.7. The van der Waals surface area contributed by atoms with Crippen LogP contribution in [0.4, 0.5) is 11.4 Å². The molecule has 0 saturated carbocycles. The van der Waals surface area contributed by atoms with Crippen LogP contribution in [0.25, 0.3) is 0 Å². The third-order valence-corrected chi connectivity index (χ3v) is 6.29. The van der Waals surface area contributed by atoms with Crippen LogP contribution in [0.5, 0.6) is 0 Å². The molecule has 2 aromatic rings. The average Bonchev–Trinajstić information content (AvgIpc) is 2.63. The summed E-state index contributed by atoms with van der Waals surface area (Å²) < 4.78 is 1.99. The van der Waals surface area contributed by atoms with Gasteiger partial charge in [0.15, 0.2) is 5.17 Å². The molecule has 0 bridgehead atoms. The molecule has 0 aromatic heterocycles. The highest BCUT2D eigenvalue weighted by atomic mass is 127. The monoisotopic (exact) mass is 557 g/mol. The van der Waals surface area contributed by atoms with Crippen LogP contribution in [-0.4, -0.2) is 33.7 Å². The van der Waals surface area contributed by atoms with Gasteiger partial charge < -0.3 is 5.32 Å². The van der Waals surface area contributed by atoms with E-state index in [0.717, 1.165) is 13.7 Å². The number of rotatable bonds is 4. The Morgan fingerprint density at radius 2 is 2.07 bits per heavy atom. The lowest BCUT2D eigenvalue weighted by Crippen LogP contribution is -2.45. The molecule has 0 aliphatic carbocycles. The molecule has 140 valence electrons. The Bertz CT molecular complexity index is 889. The van der Waals surface area contributed by atoms with E-state index in [2.05, 4.69) is 48.8 Å². The number of hydrogen-bond acceptors (Lipinski definition) is 4. The topological polar surface area (TPSA) is 61.8 Å². The van der Waals surface area contributed by atoms with Crippen LogP contribution in [-0.2, 0) is 9.59 Å². The number of anilines is 1. The summed E-state index contributed by atoms with van der Waals surface area (Å²) in [6, 6.07) is 15.1. The van der Waals surface area contributed by atoms with Crippen molar-refractivity contribution in [1.82, 2.24) is 4.90 Å². The van der Waals surface area contributed by atoms with Gasteiger partial charge in [0.2, 0.25) is 11.8 Å². The zero-order valence-electron chi connectivity index (χ0n) is 14.5. The number of nitrogens with zero attached hydrogens (tertiary/aromatic N) is 2. The van der Waals surface area contributed by atoms with Gasteiger partial charge in [-0.1, -0.05) is 33.8 Å². The molecule has 1 heterocycles. The summed E-state index contributed by atoms with van der Waals surface area (Å²) in [5.41, 5.74) is 1.45. The Morgan fingerprint density at radius 1 is 1.33 bits per heavy atom. The summed E-state index contributed by atoms with van der Waals surface area (Å²) in [5, 5.41) is 2.93. The van der Waals surface area contributed by atoms with Gasteiger partial charge in [-0.15, -0.1) is 0 Å². The van der Waals surface area contributed by atoms with E-state index in [1.807, 2.05) is 55.5 Å². The van der Waals surface area contributed by atoms with Crippen LogP contribution in [0, 0.1) is 3.57 Å². The van der Waals surface area contributed by atoms with E-state index in [1.54, 1.807) is 4.90 Å². The first-order valence-corrected chi connectivity index (χ1v) is 11.1. The van der Waals surface area contributed by atoms with Crippen LogP contribution >= 0.6 is 50.3 Å². The van der Waals surface area contributed by atoms with Crippen molar-refractivity contribution in [3.05, 3.63) is 56.6 Å². The number of amides is 2. The lowest BCUT2D eigenvalue weighted by Gasteiger charge is -2.30. The molecule has 1 aliphatic heterocycles. The van der Waals surface area contributed by atoms with Gasteiger partial charge in [-0.05, 0) is 72.0 Å². The van der Waals surface area contributed by atoms with Crippen molar-refractivity contribution in [2.75, 3.05) is 11.9 Å². The third kappa shape index (κ3) is 5.32. The Kier molecular flexibility index (Phi) is 6.93. The van der Waals surface area contributed by atoms with Crippen molar-refractivity contribution in [2.45, 2.75) is 18.6 Å². The van der Waals surface area contributed by atoms with Gasteiger partial charge in [-0.25, -0.2) is 4.99 Å². The molecule has 1 unspecified atom stereocenters. The van der Waals surface area contributed by atoms with E-state index in [9.17, 15) is 9.59 Å². The summed E-state index contributed by atoms with van der Waals surface area (Å²) in [6.07, 6.45) is 0.157. The Balaban J connectivity index is 1.80. The first-order chi connectivity index (χ1) is 13.0. The molecule has 1 N–H and O–H groups in total. The maximum absolute atomic E-state index is 12.7. The van der Waals surface area contributed by atoms with Gasteiger partial charge in [0.05, 0.1) is 5.69 Å². The van der Waals surface area contributed by atoms with E-state index in [4.69, 9.17) is 0 Å². The highest BCUT2D eigenvalue weighted by molar-refractivity contribution is 14.1. The van der Waals surface area contributed by atoms with Crippen molar-refractivity contribution in [3.63, 3.8) is 0 Å². The standard InChI is InChI=1S/C19H17BrIN3O2S/c1-2-24-17(25)11-16(18(26)22-15-5-3-4-12(20)10-15)27-19(24)23-14-8-6-13(21)7-9-14/h3-10,16H,2,11H2,1H3,(H,22,26). The summed E-state index contributed by atoms with van der Waals surface area (Å²) in [4.78, 5) is 31.5. The predicted octanol–water partition coefficient (Wildman–Crippen LogP) is 5.03. The molecule has 0 spiro atoms. The largest absolute Gasteiger partial charge is 0.325 e. The van der Waals surface area contributed by atoms with Crippen LogP contribution < -0.4 is 5.32 Å². The van der Waals surface area contributed by atoms with Crippen molar-refractivity contribution >= 4 is 78.6 Å². The molecule has 2 amide bonds. The minimum atomic E-state index is -0.512. The van der Waals surface area contributed by atoms with Crippen LogP contribution in [0.2, 0.25) is 0 Å². The number of carbonyl (C=O) groups excluding carboxylic acids is 2. The highest BCUT2D eigenvalue weighted by Crippen LogP contribution is 2.30. The minimum Gasteiger partial charge on any atom is -0.325 e. The fraction of sp³-hybridized carbons (Fsp3) is 0.211. The molecule has 0 radical (unpaired) electrons. The molecule has 1 aliphatic rings. The SMILES string of the molecule is CCN1C(=O)CC(C(=O)Nc2cccc(Br)c2)SC1=Nc1ccc(I)cc1. The first-order valence-electron chi connectivity index (χ1n) is 8.34. The van der Waals surface area contributed by atoms with Gasteiger partial charge in [-0.3, -0.25) is 14.5 Å². The van der Waals surface area contributed by atoms with Crippen LogP contribution in [0.1, 0.15) is 13.3 Å². The zero-order valence-corrected chi connectivity index (χ0v) is 19.0. The fourth-order valence-corrected chi connectivity index (χ4v) is 4.49. The van der Waals surface area contributed by atoms with Gasteiger partial charge in [0.25, 0.3) is 0 Å². The number of halogens is 2. The normalized spacial score (nSPS) is 18.6. The number of thioether (sulfide) groups is 1.